The molecule has 0 aromatic carbocycles. The van der Waals surface area contributed by atoms with Crippen molar-refractivity contribution in [3.05, 3.63) is 11.6 Å². The van der Waals surface area contributed by atoms with E-state index in [9.17, 15) is 0 Å². The summed E-state index contributed by atoms with van der Waals surface area (Å²) in [7, 11) is 0. The van der Waals surface area contributed by atoms with Crippen molar-refractivity contribution in [1.29, 1.82) is 0 Å². The zero-order valence-corrected chi connectivity index (χ0v) is 21.0. The molecule has 1 rings (SSSR count). The predicted octanol–water partition coefficient (Wildman–Crippen LogP) is 8.38. The Bertz CT molecular complexity index is 476. The molecule has 0 atom stereocenters. The van der Waals surface area contributed by atoms with Crippen molar-refractivity contribution >= 4 is 5.95 Å². The molecule has 4 nitrogen and oxygen atoms in total. The van der Waals surface area contributed by atoms with Gasteiger partial charge >= 0.3 is 0 Å². The van der Waals surface area contributed by atoms with Crippen LogP contribution in [0.2, 0.25) is 0 Å². The maximum Gasteiger partial charge on any atom is 0.223 e. The van der Waals surface area contributed by atoms with Gasteiger partial charge in [0.1, 0.15) is 11.6 Å². The Morgan fingerprint density at radius 2 is 0.710 bits per heavy atom. The maximum atomic E-state index is 5.94. The Hall–Kier alpha value is -1.19. The van der Waals surface area contributed by atoms with E-state index < -0.39 is 0 Å². The van der Waals surface area contributed by atoms with Gasteiger partial charge in [0, 0.05) is 12.8 Å². The van der Waals surface area contributed by atoms with E-state index in [2.05, 4.69) is 28.8 Å². The summed E-state index contributed by atoms with van der Waals surface area (Å²) in [5, 5.41) is 0. The summed E-state index contributed by atoms with van der Waals surface area (Å²) in [6.45, 7) is 4.56. The normalized spacial score (nSPS) is 11.3. The minimum absolute atomic E-state index is 0.402. The summed E-state index contributed by atoms with van der Waals surface area (Å²) < 4.78 is 0. The maximum absolute atomic E-state index is 5.94. The highest BCUT2D eigenvalue weighted by atomic mass is 15.1. The van der Waals surface area contributed by atoms with Crippen LogP contribution in [0.5, 0.6) is 0 Å². The molecule has 0 saturated heterocycles. The Morgan fingerprint density at radius 3 is 1.03 bits per heavy atom. The van der Waals surface area contributed by atoms with Crippen molar-refractivity contribution in [2.24, 2.45) is 0 Å². The van der Waals surface area contributed by atoms with Crippen LogP contribution in [-0.2, 0) is 12.8 Å². The lowest BCUT2D eigenvalue weighted by Crippen LogP contribution is -2.07. The highest BCUT2D eigenvalue weighted by Crippen LogP contribution is 2.13. The van der Waals surface area contributed by atoms with Gasteiger partial charge in [-0.25, -0.2) is 4.98 Å². The summed E-state index contributed by atoms with van der Waals surface area (Å²) in [4.78, 5) is 13.4. The van der Waals surface area contributed by atoms with Gasteiger partial charge in [-0.1, -0.05) is 129 Å². The third-order valence-electron chi connectivity index (χ3n) is 6.25. The Balaban J connectivity index is 2.06. The number of hydrogen-bond donors (Lipinski definition) is 1. The van der Waals surface area contributed by atoms with Crippen molar-refractivity contribution < 1.29 is 0 Å². The molecule has 0 saturated carbocycles. The molecule has 0 radical (unpaired) electrons. The first-order valence-electron chi connectivity index (χ1n) is 13.8. The van der Waals surface area contributed by atoms with Crippen LogP contribution in [0.15, 0.2) is 0 Å². The summed E-state index contributed by atoms with van der Waals surface area (Å²) in [6.07, 6.45) is 28.9. The van der Waals surface area contributed by atoms with E-state index in [0.29, 0.717) is 5.95 Å². The van der Waals surface area contributed by atoms with Crippen LogP contribution in [0.3, 0.4) is 0 Å². The molecule has 0 unspecified atom stereocenters. The van der Waals surface area contributed by atoms with Crippen LogP contribution in [0.25, 0.3) is 0 Å². The molecule has 0 fully saturated rings. The number of aromatic nitrogens is 3. The van der Waals surface area contributed by atoms with Gasteiger partial charge in [0.2, 0.25) is 5.95 Å². The van der Waals surface area contributed by atoms with Crippen LogP contribution in [0.1, 0.15) is 154 Å². The first-order valence-corrected chi connectivity index (χ1v) is 13.8. The third-order valence-corrected chi connectivity index (χ3v) is 6.25. The second-order valence-corrected chi connectivity index (χ2v) is 9.39. The largest absolute Gasteiger partial charge is 0.368 e. The second kappa shape index (κ2) is 20.7. The van der Waals surface area contributed by atoms with Crippen molar-refractivity contribution in [2.45, 2.75) is 155 Å². The lowest BCUT2D eigenvalue weighted by molar-refractivity contribution is 0.550. The van der Waals surface area contributed by atoms with Gasteiger partial charge < -0.3 is 5.73 Å². The average molecular weight is 433 g/mol. The molecule has 1 aromatic heterocycles. The number of hydrogen-bond acceptors (Lipinski definition) is 4. The molecular formula is C27H52N4. The number of rotatable bonds is 22. The molecule has 0 amide bonds. The monoisotopic (exact) mass is 432 g/mol. The predicted molar refractivity (Wildman–Crippen MR) is 135 cm³/mol. The molecule has 0 bridgehead atoms. The minimum Gasteiger partial charge on any atom is -0.368 e. The number of nitrogens with two attached hydrogens (primary N) is 1. The molecule has 2 N–H and O–H groups in total. The Kier molecular flexibility index (Phi) is 18.6. The van der Waals surface area contributed by atoms with Gasteiger partial charge in [0.05, 0.1) is 0 Å². The topological polar surface area (TPSA) is 64.7 Å². The van der Waals surface area contributed by atoms with Crippen molar-refractivity contribution in [1.82, 2.24) is 15.0 Å². The van der Waals surface area contributed by atoms with Gasteiger partial charge in [-0.3, -0.25) is 0 Å². The van der Waals surface area contributed by atoms with E-state index in [1.807, 2.05) is 0 Å². The zero-order valence-electron chi connectivity index (χ0n) is 21.0. The lowest BCUT2D eigenvalue weighted by atomic mass is 10.1. The second-order valence-electron chi connectivity index (χ2n) is 9.39. The minimum atomic E-state index is 0.402. The third kappa shape index (κ3) is 17.1. The van der Waals surface area contributed by atoms with Gasteiger partial charge in [-0.2, -0.15) is 9.97 Å². The van der Waals surface area contributed by atoms with Gasteiger partial charge in [0.25, 0.3) is 0 Å². The SMILES string of the molecule is CCCCCCCCCCCCc1nc(N)nc(CCCCCCCCCCCC)n1. The number of anilines is 1. The molecule has 0 aliphatic heterocycles. The van der Waals surface area contributed by atoms with E-state index in [4.69, 9.17) is 5.73 Å². The average Bonchev–Trinajstić information content (AvgIpc) is 2.76. The Labute approximate surface area is 193 Å². The molecule has 0 spiro atoms. The zero-order chi connectivity index (χ0) is 22.4. The highest BCUT2D eigenvalue weighted by Gasteiger charge is 2.05. The fourth-order valence-electron chi connectivity index (χ4n) is 4.25. The summed E-state index contributed by atoms with van der Waals surface area (Å²) >= 11 is 0. The van der Waals surface area contributed by atoms with E-state index >= 15 is 0 Å². The molecule has 1 aromatic rings. The first kappa shape index (κ1) is 27.8. The summed E-state index contributed by atoms with van der Waals surface area (Å²) in [5.41, 5.74) is 5.94. The summed E-state index contributed by atoms with van der Waals surface area (Å²) in [6, 6.07) is 0. The first-order chi connectivity index (χ1) is 15.3. The van der Waals surface area contributed by atoms with Gasteiger partial charge in [0.15, 0.2) is 0 Å². The van der Waals surface area contributed by atoms with Gasteiger partial charge in [-0.05, 0) is 12.8 Å². The number of unbranched alkanes of at least 4 members (excludes halogenated alkanes) is 18. The van der Waals surface area contributed by atoms with E-state index in [1.165, 1.54) is 116 Å². The number of nitrogens with zero attached hydrogens (tertiary/aromatic N) is 3. The van der Waals surface area contributed by atoms with E-state index in [-0.39, 0.29) is 0 Å². The molecule has 180 valence electrons. The van der Waals surface area contributed by atoms with Crippen molar-refractivity contribution in [3.63, 3.8) is 0 Å². The molecule has 4 heteroatoms. The highest BCUT2D eigenvalue weighted by molar-refractivity contribution is 5.16. The van der Waals surface area contributed by atoms with E-state index in [1.54, 1.807) is 0 Å². The number of nitrogen functional groups attached to an aromatic ring is 1. The quantitative estimate of drug-likeness (QED) is 0.187. The molecular weight excluding hydrogens is 380 g/mol. The van der Waals surface area contributed by atoms with Crippen LogP contribution in [0.4, 0.5) is 5.95 Å². The fourth-order valence-corrected chi connectivity index (χ4v) is 4.25. The van der Waals surface area contributed by atoms with Crippen LogP contribution >= 0.6 is 0 Å². The van der Waals surface area contributed by atoms with Crippen LogP contribution < -0.4 is 5.73 Å². The smallest absolute Gasteiger partial charge is 0.223 e. The standard InChI is InChI=1S/C27H52N4/c1-3-5-7-9-11-13-15-17-19-21-23-25-29-26(31-27(28)30-25)24-22-20-18-16-14-12-10-8-6-4-2/h3-24H2,1-2H3,(H2,28,29,30,31). The summed E-state index contributed by atoms with van der Waals surface area (Å²) in [5.74, 6) is 2.20. The van der Waals surface area contributed by atoms with Gasteiger partial charge in [-0.15, -0.1) is 0 Å². The van der Waals surface area contributed by atoms with Crippen LogP contribution in [-0.4, -0.2) is 15.0 Å². The van der Waals surface area contributed by atoms with Crippen LogP contribution in [0, 0.1) is 0 Å². The van der Waals surface area contributed by atoms with Crippen molar-refractivity contribution in [2.75, 3.05) is 5.73 Å². The molecule has 0 aliphatic rings. The number of aryl methyl sites for hydroxylation is 2. The fraction of sp³-hybridized carbons (Fsp3) is 0.889. The lowest BCUT2D eigenvalue weighted by Gasteiger charge is -2.06. The van der Waals surface area contributed by atoms with Crippen molar-refractivity contribution in [3.8, 4) is 0 Å². The Morgan fingerprint density at radius 1 is 0.419 bits per heavy atom. The molecule has 31 heavy (non-hydrogen) atoms. The molecule has 1 heterocycles. The molecule has 0 aliphatic carbocycles. The van der Waals surface area contributed by atoms with E-state index in [0.717, 1.165) is 37.3 Å².